The molecule has 0 aliphatic carbocycles. The Labute approximate surface area is 129 Å². The van der Waals surface area contributed by atoms with Crippen molar-refractivity contribution >= 4 is 31.5 Å². The van der Waals surface area contributed by atoms with Gasteiger partial charge in [0.25, 0.3) is 0 Å². The molecule has 0 saturated carbocycles. The predicted molar refractivity (Wildman–Crippen MR) is 80.5 cm³/mol. The Balaban J connectivity index is 2.50. The van der Waals surface area contributed by atoms with Crippen molar-refractivity contribution in [1.82, 2.24) is 4.31 Å². The molecule has 1 aromatic carbocycles. The van der Waals surface area contributed by atoms with Gasteiger partial charge in [-0.15, -0.1) is 0 Å². The number of hydrogen-bond acceptors (Lipinski definition) is 5. The summed E-state index contributed by atoms with van der Waals surface area (Å²) in [7, 11) is -7.37. The molecule has 21 heavy (non-hydrogen) atoms. The van der Waals surface area contributed by atoms with E-state index in [2.05, 4.69) is 0 Å². The Morgan fingerprint density at radius 3 is 2.33 bits per heavy atom. The van der Waals surface area contributed by atoms with Crippen LogP contribution in [-0.4, -0.2) is 46.5 Å². The van der Waals surface area contributed by atoms with Crippen LogP contribution in [0.25, 0.3) is 0 Å². The fraction of sp³-hybridized carbons (Fsp3) is 0.500. The fourth-order valence-corrected chi connectivity index (χ4v) is 4.99. The van der Waals surface area contributed by atoms with Gasteiger partial charge in [0.1, 0.15) is 4.90 Å². The van der Waals surface area contributed by atoms with E-state index in [0.29, 0.717) is 6.54 Å². The van der Waals surface area contributed by atoms with E-state index in [9.17, 15) is 16.8 Å². The number of rotatable bonds is 3. The molecule has 0 bridgehead atoms. The highest BCUT2D eigenvalue weighted by atomic mass is 35.5. The van der Waals surface area contributed by atoms with Gasteiger partial charge >= 0.3 is 0 Å². The summed E-state index contributed by atoms with van der Waals surface area (Å²) in [5, 5.41) is -0.00414. The minimum absolute atomic E-state index is 0.00414. The summed E-state index contributed by atoms with van der Waals surface area (Å²) in [5.74, 6) is 0.0386. The van der Waals surface area contributed by atoms with Gasteiger partial charge in [0.05, 0.1) is 9.92 Å². The molecule has 2 N–H and O–H groups in total. The Bertz CT molecular complexity index is 751. The summed E-state index contributed by atoms with van der Waals surface area (Å²) < 4.78 is 49.6. The van der Waals surface area contributed by atoms with Crippen molar-refractivity contribution in [3.05, 3.63) is 23.2 Å². The van der Waals surface area contributed by atoms with Crippen LogP contribution in [0.2, 0.25) is 5.02 Å². The summed E-state index contributed by atoms with van der Waals surface area (Å²) in [6.45, 7) is 2.36. The summed E-state index contributed by atoms with van der Waals surface area (Å²) in [6, 6.07) is 3.43. The number of benzene rings is 1. The lowest BCUT2D eigenvalue weighted by Crippen LogP contribution is -2.32. The summed E-state index contributed by atoms with van der Waals surface area (Å²) in [4.78, 5) is -0.282. The lowest BCUT2D eigenvalue weighted by molar-refractivity contribution is 0.464. The second-order valence-electron chi connectivity index (χ2n) is 5.33. The molecule has 2 rings (SSSR count). The minimum Gasteiger partial charge on any atom is -0.326 e. The highest BCUT2D eigenvalue weighted by molar-refractivity contribution is 7.91. The number of sulfone groups is 1. The molecule has 0 aromatic heterocycles. The smallest absolute Gasteiger partial charge is 0.244 e. The number of halogens is 1. The van der Waals surface area contributed by atoms with Crippen LogP contribution in [0.3, 0.4) is 0 Å². The molecule has 1 fully saturated rings. The first-order chi connectivity index (χ1) is 9.53. The van der Waals surface area contributed by atoms with Crippen molar-refractivity contribution in [1.29, 1.82) is 0 Å². The molecule has 0 radical (unpaired) electrons. The van der Waals surface area contributed by atoms with Gasteiger partial charge in [-0.2, -0.15) is 4.31 Å². The molecular formula is C12H17ClN2O4S2. The third kappa shape index (κ3) is 3.24. The summed E-state index contributed by atoms with van der Waals surface area (Å²) in [5.41, 5.74) is 5.85. The van der Waals surface area contributed by atoms with Crippen LogP contribution in [0.15, 0.2) is 28.0 Å². The second kappa shape index (κ2) is 5.51. The van der Waals surface area contributed by atoms with E-state index >= 15 is 0 Å². The van der Waals surface area contributed by atoms with E-state index in [4.69, 9.17) is 17.3 Å². The maximum absolute atomic E-state index is 12.6. The number of nitrogens with two attached hydrogens (primary N) is 1. The summed E-state index contributed by atoms with van der Waals surface area (Å²) in [6.07, 6.45) is 1.01. The summed E-state index contributed by atoms with van der Waals surface area (Å²) >= 11 is 5.95. The minimum atomic E-state index is -3.86. The van der Waals surface area contributed by atoms with Gasteiger partial charge in [-0.25, -0.2) is 16.8 Å². The van der Waals surface area contributed by atoms with Crippen molar-refractivity contribution < 1.29 is 16.8 Å². The van der Waals surface area contributed by atoms with Crippen molar-refractivity contribution in [2.45, 2.75) is 22.8 Å². The van der Waals surface area contributed by atoms with Gasteiger partial charge in [-0.3, -0.25) is 0 Å². The molecule has 2 atom stereocenters. The van der Waals surface area contributed by atoms with E-state index in [0.717, 1.165) is 12.3 Å². The fourth-order valence-electron chi connectivity index (χ4n) is 2.19. The highest BCUT2D eigenvalue weighted by Crippen LogP contribution is 2.30. The van der Waals surface area contributed by atoms with Gasteiger partial charge < -0.3 is 5.73 Å². The molecule has 6 nitrogen and oxygen atoms in total. The molecule has 0 spiro atoms. The van der Waals surface area contributed by atoms with Crippen molar-refractivity contribution in [2.24, 2.45) is 11.7 Å². The highest BCUT2D eigenvalue weighted by Gasteiger charge is 2.36. The monoisotopic (exact) mass is 352 g/mol. The molecule has 2 unspecified atom stereocenters. The van der Waals surface area contributed by atoms with E-state index in [1.54, 1.807) is 0 Å². The van der Waals surface area contributed by atoms with Gasteiger partial charge in [0.2, 0.25) is 10.0 Å². The number of hydrogen-bond donors (Lipinski definition) is 1. The van der Waals surface area contributed by atoms with E-state index < -0.39 is 19.9 Å². The Kier molecular flexibility index (Phi) is 4.38. The van der Waals surface area contributed by atoms with E-state index in [1.807, 2.05) is 6.92 Å². The zero-order valence-corrected chi connectivity index (χ0v) is 14.0. The normalized spacial score (nSPS) is 24.4. The molecule has 1 heterocycles. The topological polar surface area (TPSA) is 97.5 Å². The first-order valence-electron chi connectivity index (χ1n) is 6.29. The predicted octanol–water partition coefficient (Wildman–Crippen LogP) is 0.711. The number of nitrogens with zero attached hydrogens (tertiary/aromatic N) is 1. The van der Waals surface area contributed by atoms with Crippen LogP contribution in [0.4, 0.5) is 0 Å². The maximum Gasteiger partial charge on any atom is 0.244 e. The van der Waals surface area contributed by atoms with Gasteiger partial charge in [0.15, 0.2) is 9.84 Å². The SMILES string of the molecule is CC1CN(S(=O)(=O)c2cc(S(C)(=O)=O)ccc2Cl)CC1N. The zero-order valence-electron chi connectivity index (χ0n) is 11.7. The third-order valence-corrected chi connectivity index (χ3v) is 7.01. The average Bonchev–Trinajstić information content (AvgIpc) is 2.69. The lowest BCUT2D eigenvalue weighted by Gasteiger charge is -2.17. The molecule has 118 valence electrons. The van der Waals surface area contributed by atoms with Crippen LogP contribution in [0.1, 0.15) is 6.92 Å². The third-order valence-electron chi connectivity index (χ3n) is 3.59. The average molecular weight is 353 g/mol. The van der Waals surface area contributed by atoms with Crippen LogP contribution >= 0.6 is 11.6 Å². The Morgan fingerprint density at radius 1 is 1.24 bits per heavy atom. The first kappa shape index (κ1) is 16.7. The van der Waals surface area contributed by atoms with Crippen molar-refractivity contribution in [2.75, 3.05) is 19.3 Å². The van der Waals surface area contributed by atoms with Crippen molar-refractivity contribution in [3.63, 3.8) is 0 Å². The van der Waals surface area contributed by atoms with Gasteiger partial charge in [-0.1, -0.05) is 18.5 Å². The molecular weight excluding hydrogens is 336 g/mol. The molecule has 1 saturated heterocycles. The largest absolute Gasteiger partial charge is 0.326 e. The molecule has 9 heteroatoms. The molecule has 1 aliphatic rings. The van der Waals surface area contributed by atoms with Crippen LogP contribution in [-0.2, 0) is 19.9 Å². The van der Waals surface area contributed by atoms with Crippen LogP contribution < -0.4 is 5.73 Å². The van der Waals surface area contributed by atoms with Gasteiger partial charge in [-0.05, 0) is 24.1 Å². The van der Waals surface area contributed by atoms with Crippen LogP contribution in [0, 0.1) is 5.92 Å². The molecule has 0 amide bonds. The zero-order chi connectivity index (χ0) is 16.0. The standard InChI is InChI=1S/C12H17ClN2O4S2/c1-8-6-15(7-11(8)14)21(18,19)12-5-9(20(2,16)17)3-4-10(12)13/h3-5,8,11H,6-7,14H2,1-2H3. The molecule has 1 aliphatic heterocycles. The van der Waals surface area contributed by atoms with E-state index in [-0.39, 0.29) is 33.3 Å². The first-order valence-corrected chi connectivity index (χ1v) is 10.00. The second-order valence-corrected chi connectivity index (χ2v) is 9.66. The van der Waals surface area contributed by atoms with Gasteiger partial charge in [0, 0.05) is 25.4 Å². The quantitative estimate of drug-likeness (QED) is 0.864. The maximum atomic E-state index is 12.6. The van der Waals surface area contributed by atoms with Crippen LogP contribution in [0.5, 0.6) is 0 Å². The van der Waals surface area contributed by atoms with E-state index in [1.165, 1.54) is 16.4 Å². The lowest BCUT2D eigenvalue weighted by atomic mass is 10.1. The Morgan fingerprint density at radius 2 is 1.86 bits per heavy atom. The molecule has 1 aromatic rings. The Hall–Kier alpha value is -0.670. The number of sulfonamides is 1. The van der Waals surface area contributed by atoms with Crippen molar-refractivity contribution in [3.8, 4) is 0 Å².